The van der Waals surface area contributed by atoms with Crippen LogP contribution in [0, 0.1) is 5.41 Å². The van der Waals surface area contributed by atoms with E-state index in [1.807, 2.05) is 0 Å². The molecule has 0 bridgehead atoms. The molecule has 1 rings (SSSR count). The average Bonchev–Trinajstić information content (AvgIpc) is 2.35. The molecule has 1 fully saturated rings. The zero-order chi connectivity index (χ0) is 10.8. The van der Waals surface area contributed by atoms with Crippen LogP contribution in [-0.2, 0) is 4.79 Å². The molecular weight excluding hydrogens is 196 g/mol. The first-order valence-corrected chi connectivity index (χ1v) is 5.75. The van der Waals surface area contributed by atoms with Crippen LogP contribution in [0.15, 0.2) is 10.6 Å². The molecule has 1 saturated carbocycles. The second-order valence-electron chi connectivity index (χ2n) is 4.93. The Morgan fingerprint density at radius 2 is 2.07 bits per heavy atom. The molecule has 14 heavy (non-hydrogen) atoms. The van der Waals surface area contributed by atoms with Crippen molar-refractivity contribution >= 4 is 17.4 Å². The first-order chi connectivity index (χ1) is 6.46. The van der Waals surface area contributed by atoms with Crippen molar-refractivity contribution in [3.05, 3.63) is 10.6 Å². The Bertz CT molecular complexity index is 263. The monoisotopic (exact) mass is 214 g/mol. The molecule has 1 nitrogen and oxygen atoms in total. The van der Waals surface area contributed by atoms with Crippen LogP contribution in [0.5, 0.6) is 0 Å². The molecule has 1 aliphatic carbocycles. The van der Waals surface area contributed by atoms with E-state index in [1.165, 1.54) is 0 Å². The fraction of sp³-hybridized carbons (Fsp3) is 0.750. The molecule has 0 aromatic heterocycles. The summed E-state index contributed by atoms with van der Waals surface area (Å²) in [5.41, 5.74) is 1.02. The van der Waals surface area contributed by atoms with E-state index in [-0.39, 0.29) is 11.2 Å². The summed E-state index contributed by atoms with van der Waals surface area (Å²) in [6.45, 7) is 6.39. The normalized spacial score (nSPS) is 24.1. The Labute approximate surface area is 91.5 Å². The molecular formula is C12H19ClO. The van der Waals surface area contributed by atoms with E-state index in [1.54, 1.807) is 0 Å². The van der Waals surface area contributed by atoms with Crippen molar-refractivity contribution in [2.75, 3.05) is 0 Å². The lowest BCUT2D eigenvalue weighted by Gasteiger charge is -2.13. The number of unbranched alkanes of at least 4 members (excludes halogenated alkanes) is 1. The van der Waals surface area contributed by atoms with Crippen molar-refractivity contribution in [2.45, 2.75) is 52.9 Å². The number of halogens is 1. The van der Waals surface area contributed by atoms with Gasteiger partial charge in [0.1, 0.15) is 0 Å². The summed E-state index contributed by atoms with van der Waals surface area (Å²) >= 11 is 6.15. The van der Waals surface area contributed by atoms with Crippen LogP contribution in [0.25, 0.3) is 0 Å². The number of Topliss-reactive ketones (excluding diaryl/α,β-unsaturated/α-hetero) is 1. The van der Waals surface area contributed by atoms with Crippen LogP contribution in [0.1, 0.15) is 52.9 Å². The minimum atomic E-state index is 0.124. The van der Waals surface area contributed by atoms with Crippen molar-refractivity contribution in [3.8, 4) is 0 Å². The van der Waals surface area contributed by atoms with Gasteiger partial charge in [-0.25, -0.2) is 0 Å². The highest BCUT2D eigenvalue weighted by molar-refractivity contribution is 6.32. The number of allylic oxidation sites excluding steroid dienone is 2. The Balaban J connectivity index is 2.72. The highest BCUT2D eigenvalue weighted by Gasteiger charge is 2.34. The quantitative estimate of drug-likeness (QED) is 0.648. The molecule has 0 radical (unpaired) electrons. The summed E-state index contributed by atoms with van der Waals surface area (Å²) in [6.07, 6.45) is 4.59. The summed E-state index contributed by atoms with van der Waals surface area (Å²) in [7, 11) is 0. The van der Waals surface area contributed by atoms with Crippen molar-refractivity contribution in [1.29, 1.82) is 0 Å². The Hall–Kier alpha value is -0.300. The number of carbonyl (C=O) groups is 1. The maximum Gasteiger partial charge on any atom is 0.160 e. The van der Waals surface area contributed by atoms with Gasteiger partial charge in [-0.3, -0.25) is 4.79 Å². The van der Waals surface area contributed by atoms with E-state index in [4.69, 9.17) is 11.6 Å². The van der Waals surface area contributed by atoms with Crippen LogP contribution in [0.4, 0.5) is 0 Å². The molecule has 0 heterocycles. The molecule has 0 aromatic rings. The maximum atomic E-state index is 11.7. The third kappa shape index (κ3) is 2.84. The second kappa shape index (κ2) is 4.48. The third-order valence-corrected chi connectivity index (χ3v) is 3.13. The molecule has 0 atom stereocenters. The first kappa shape index (κ1) is 11.8. The highest BCUT2D eigenvalue weighted by Crippen LogP contribution is 2.40. The number of carbonyl (C=O) groups excluding carboxylic acids is 1. The van der Waals surface area contributed by atoms with Crippen molar-refractivity contribution in [2.24, 2.45) is 5.41 Å². The van der Waals surface area contributed by atoms with Gasteiger partial charge >= 0.3 is 0 Å². The predicted octanol–water partition coefficient (Wildman–Crippen LogP) is 4.06. The Morgan fingerprint density at radius 1 is 1.43 bits per heavy atom. The van der Waals surface area contributed by atoms with Gasteiger partial charge in [-0.2, -0.15) is 0 Å². The van der Waals surface area contributed by atoms with E-state index in [0.29, 0.717) is 6.42 Å². The number of ketones is 1. The summed E-state index contributed by atoms with van der Waals surface area (Å²) in [6, 6.07) is 0. The van der Waals surface area contributed by atoms with E-state index in [2.05, 4.69) is 20.8 Å². The zero-order valence-corrected chi connectivity index (χ0v) is 10.1. The minimum Gasteiger partial charge on any atom is -0.294 e. The molecule has 80 valence electrons. The van der Waals surface area contributed by atoms with Crippen molar-refractivity contribution in [3.63, 3.8) is 0 Å². The minimum absolute atomic E-state index is 0.124. The molecule has 0 aromatic carbocycles. The lowest BCUT2D eigenvalue weighted by atomic mass is 9.91. The topological polar surface area (TPSA) is 17.1 Å². The molecule has 2 heteroatoms. The summed E-state index contributed by atoms with van der Waals surface area (Å²) in [5, 5.41) is 0.808. The Kier molecular flexibility index (Phi) is 3.77. The van der Waals surface area contributed by atoms with Gasteiger partial charge in [0.25, 0.3) is 0 Å². The van der Waals surface area contributed by atoms with Crippen LogP contribution >= 0.6 is 11.6 Å². The van der Waals surface area contributed by atoms with Gasteiger partial charge < -0.3 is 0 Å². The van der Waals surface area contributed by atoms with Gasteiger partial charge in [0, 0.05) is 17.0 Å². The van der Waals surface area contributed by atoms with E-state index in [9.17, 15) is 4.79 Å². The molecule has 0 unspecified atom stereocenters. The van der Waals surface area contributed by atoms with E-state index in [0.717, 1.165) is 36.3 Å². The lowest BCUT2D eigenvalue weighted by Crippen LogP contribution is -2.04. The first-order valence-electron chi connectivity index (χ1n) is 5.37. The molecule has 0 spiro atoms. The smallest absolute Gasteiger partial charge is 0.160 e. The fourth-order valence-electron chi connectivity index (χ4n) is 1.91. The van der Waals surface area contributed by atoms with Gasteiger partial charge in [-0.05, 0) is 24.7 Å². The van der Waals surface area contributed by atoms with Gasteiger partial charge in [-0.1, -0.05) is 38.8 Å². The SMILES string of the molecule is CCCC/C(Cl)=C1/CC(C)(C)CC1=O. The molecule has 0 aliphatic heterocycles. The van der Waals surface area contributed by atoms with E-state index >= 15 is 0 Å². The number of hydrogen-bond donors (Lipinski definition) is 0. The van der Waals surface area contributed by atoms with Gasteiger partial charge in [0.2, 0.25) is 0 Å². The molecule has 1 aliphatic rings. The van der Waals surface area contributed by atoms with Crippen LogP contribution < -0.4 is 0 Å². The summed E-state index contributed by atoms with van der Waals surface area (Å²) in [4.78, 5) is 11.7. The van der Waals surface area contributed by atoms with Crippen LogP contribution in [-0.4, -0.2) is 5.78 Å². The zero-order valence-electron chi connectivity index (χ0n) is 9.32. The average molecular weight is 215 g/mol. The number of rotatable bonds is 3. The lowest BCUT2D eigenvalue weighted by molar-refractivity contribution is -0.115. The van der Waals surface area contributed by atoms with Crippen LogP contribution in [0.2, 0.25) is 0 Å². The van der Waals surface area contributed by atoms with Crippen LogP contribution in [0.3, 0.4) is 0 Å². The highest BCUT2D eigenvalue weighted by atomic mass is 35.5. The molecule has 0 N–H and O–H groups in total. The Morgan fingerprint density at radius 3 is 2.50 bits per heavy atom. The number of hydrogen-bond acceptors (Lipinski definition) is 1. The van der Waals surface area contributed by atoms with E-state index < -0.39 is 0 Å². The maximum absolute atomic E-state index is 11.7. The van der Waals surface area contributed by atoms with Crippen molar-refractivity contribution in [1.82, 2.24) is 0 Å². The second-order valence-corrected chi connectivity index (χ2v) is 5.38. The molecule has 0 saturated heterocycles. The predicted molar refractivity (Wildman–Crippen MR) is 60.4 cm³/mol. The van der Waals surface area contributed by atoms with Crippen molar-refractivity contribution < 1.29 is 4.79 Å². The summed E-state index contributed by atoms with van der Waals surface area (Å²) in [5.74, 6) is 0.260. The summed E-state index contributed by atoms with van der Waals surface area (Å²) < 4.78 is 0. The van der Waals surface area contributed by atoms with Gasteiger partial charge in [-0.15, -0.1) is 0 Å². The van der Waals surface area contributed by atoms with Gasteiger partial charge in [0.05, 0.1) is 0 Å². The largest absolute Gasteiger partial charge is 0.294 e. The van der Waals surface area contributed by atoms with Gasteiger partial charge in [0.15, 0.2) is 5.78 Å². The standard InChI is InChI=1S/C12H19ClO/c1-4-5-6-10(13)9-7-12(2,3)8-11(9)14/h4-8H2,1-3H3/b10-9+. The third-order valence-electron chi connectivity index (χ3n) is 2.71. The fourth-order valence-corrected chi connectivity index (χ4v) is 2.22. The molecule has 0 amide bonds.